The molecule has 0 saturated carbocycles. The molecule has 0 aliphatic carbocycles. The third kappa shape index (κ3) is 5.06. The number of hydrogen-bond acceptors (Lipinski definition) is 2. The number of amides is 1. The third-order valence-electron chi connectivity index (χ3n) is 3.46. The van der Waals surface area contributed by atoms with Gasteiger partial charge in [-0.25, -0.2) is 0 Å². The molecule has 2 aromatic rings. The third-order valence-corrected chi connectivity index (χ3v) is 3.46. The average molecular weight is 285 g/mol. The maximum atomic E-state index is 11.8. The Balaban J connectivity index is 1.63. The van der Waals surface area contributed by atoms with E-state index in [-0.39, 0.29) is 5.91 Å². The van der Waals surface area contributed by atoms with Crippen LogP contribution in [0.4, 0.5) is 0 Å². The molecule has 1 heterocycles. The molecule has 0 radical (unpaired) electrons. The van der Waals surface area contributed by atoms with E-state index in [1.165, 1.54) is 5.56 Å². The van der Waals surface area contributed by atoms with Gasteiger partial charge in [0.15, 0.2) is 0 Å². The molecule has 1 N–H and O–H groups in total. The molecule has 21 heavy (non-hydrogen) atoms. The van der Waals surface area contributed by atoms with Crippen molar-refractivity contribution >= 4 is 5.91 Å². The number of benzene rings is 1. The van der Waals surface area contributed by atoms with Crippen LogP contribution in [0.15, 0.2) is 36.4 Å². The van der Waals surface area contributed by atoms with Gasteiger partial charge >= 0.3 is 0 Å². The molecule has 0 fully saturated rings. The number of carbonyl (C=O) groups is 1. The Labute approximate surface area is 126 Å². The summed E-state index contributed by atoms with van der Waals surface area (Å²) in [6.07, 6.45) is 2.41. The normalized spacial score (nSPS) is 10.6. The van der Waals surface area contributed by atoms with Gasteiger partial charge in [-0.3, -0.25) is 9.48 Å². The van der Waals surface area contributed by atoms with Gasteiger partial charge in [-0.05, 0) is 38.3 Å². The average Bonchev–Trinajstić information content (AvgIpc) is 2.78. The lowest BCUT2D eigenvalue weighted by molar-refractivity contribution is -0.121. The fourth-order valence-corrected chi connectivity index (χ4v) is 2.39. The van der Waals surface area contributed by atoms with E-state index < -0.39 is 0 Å². The van der Waals surface area contributed by atoms with Gasteiger partial charge in [0.05, 0.1) is 12.2 Å². The number of nitrogens with one attached hydrogen (secondary N) is 1. The first-order valence-electron chi connectivity index (χ1n) is 7.47. The van der Waals surface area contributed by atoms with Crippen LogP contribution in [-0.2, 0) is 17.8 Å². The predicted molar refractivity (Wildman–Crippen MR) is 84.1 cm³/mol. The first-order valence-corrected chi connectivity index (χ1v) is 7.47. The van der Waals surface area contributed by atoms with E-state index in [0.717, 1.165) is 30.8 Å². The molecule has 1 aromatic carbocycles. The number of nitrogens with zero attached hydrogens (tertiary/aromatic N) is 2. The van der Waals surface area contributed by atoms with Crippen LogP contribution >= 0.6 is 0 Å². The molecule has 112 valence electrons. The predicted octanol–water partition coefficient (Wildman–Crippen LogP) is 2.64. The van der Waals surface area contributed by atoms with Crippen molar-refractivity contribution in [2.24, 2.45) is 0 Å². The quantitative estimate of drug-likeness (QED) is 0.850. The van der Waals surface area contributed by atoms with Crippen LogP contribution in [0.1, 0.15) is 29.8 Å². The van der Waals surface area contributed by atoms with Gasteiger partial charge in [-0.2, -0.15) is 5.10 Å². The minimum absolute atomic E-state index is 0.118. The van der Waals surface area contributed by atoms with Crippen LogP contribution < -0.4 is 5.32 Å². The molecule has 0 aliphatic heterocycles. The van der Waals surface area contributed by atoms with Crippen LogP contribution in [0.2, 0.25) is 0 Å². The Hall–Kier alpha value is -2.10. The van der Waals surface area contributed by atoms with Crippen LogP contribution in [0, 0.1) is 13.8 Å². The van der Waals surface area contributed by atoms with Gasteiger partial charge < -0.3 is 5.32 Å². The molecular weight excluding hydrogens is 262 g/mol. The van der Waals surface area contributed by atoms with Gasteiger partial charge in [0.25, 0.3) is 0 Å². The summed E-state index contributed by atoms with van der Waals surface area (Å²) >= 11 is 0. The lowest BCUT2D eigenvalue weighted by Crippen LogP contribution is -2.27. The summed E-state index contributed by atoms with van der Waals surface area (Å²) in [5.41, 5.74) is 3.43. The summed E-state index contributed by atoms with van der Waals surface area (Å²) in [6, 6.07) is 12.3. The molecular formula is C17H23N3O. The Morgan fingerprint density at radius 1 is 1.24 bits per heavy atom. The van der Waals surface area contributed by atoms with Gasteiger partial charge in [-0.15, -0.1) is 0 Å². The van der Waals surface area contributed by atoms with E-state index in [1.807, 2.05) is 42.8 Å². The molecule has 1 aromatic heterocycles. The van der Waals surface area contributed by atoms with Crippen molar-refractivity contribution in [1.29, 1.82) is 0 Å². The largest absolute Gasteiger partial charge is 0.354 e. The number of aromatic nitrogens is 2. The highest BCUT2D eigenvalue weighted by Gasteiger charge is 2.03. The molecule has 0 unspecified atom stereocenters. The molecule has 4 nitrogen and oxygen atoms in total. The number of aryl methyl sites for hydroxylation is 3. The number of rotatable bonds is 7. The van der Waals surface area contributed by atoms with E-state index in [2.05, 4.69) is 22.5 Å². The minimum Gasteiger partial charge on any atom is -0.354 e. The van der Waals surface area contributed by atoms with Gasteiger partial charge in [0.1, 0.15) is 0 Å². The summed E-state index contributed by atoms with van der Waals surface area (Å²) in [5.74, 6) is 0.118. The second-order valence-electron chi connectivity index (χ2n) is 5.34. The van der Waals surface area contributed by atoms with E-state index in [4.69, 9.17) is 0 Å². The highest BCUT2D eigenvalue weighted by atomic mass is 16.1. The second kappa shape index (κ2) is 7.62. The van der Waals surface area contributed by atoms with E-state index in [1.54, 1.807) is 0 Å². The van der Waals surface area contributed by atoms with Crippen LogP contribution in [0.25, 0.3) is 0 Å². The Kier molecular flexibility index (Phi) is 5.55. The molecule has 0 atom stereocenters. The fourth-order valence-electron chi connectivity index (χ4n) is 2.39. The molecule has 4 heteroatoms. The fraction of sp³-hybridized carbons (Fsp3) is 0.412. The van der Waals surface area contributed by atoms with Crippen LogP contribution in [0.3, 0.4) is 0 Å². The molecule has 0 aliphatic rings. The zero-order chi connectivity index (χ0) is 15.1. The van der Waals surface area contributed by atoms with Gasteiger partial charge in [0, 0.05) is 18.7 Å². The molecule has 0 bridgehead atoms. The van der Waals surface area contributed by atoms with Crippen LogP contribution in [-0.4, -0.2) is 22.2 Å². The van der Waals surface area contributed by atoms with Crippen molar-refractivity contribution < 1.29 is 4.79 Å². The van der Waals surface area contributed by atoms with Crippen molar-refractivity contribution in [3.63, 3.8) is 0 Å². The van der Waals surface area contributed by atoms with E-state index >= 15 is 0 Å². The number of hydrogen-bond donors (Lipinski definition) is 1. The maximum Gasteiger partial charge on any atom is 0.220 e. The monoisotopic (exact) mass is 285 g/mol. The zero-order valence-electron chi connectivity index (χ0n) is 12.8. The van der Waals surface area contributed by atoms with Gasteiger partial charge in [0.2, 0.25) is 5.91 Å². The zero-order valence-corrected chi connectivity index (χ0v) is 12.8. The molecule has 1 amide bonds. The minimum atomic E-state index is 0.118. The Morgan fingerprint density at radius 2 is 2.00 bits per heavy atom. The van der Waals surface area contributed by atoms with Crippen molar-refractivity contribution in [1.82, 2.24) is 15.1 Å². The summed E-state index contributed by atoms with van der Waals surface area (Å²) < 4.78 is 1.93. The summed E-state index contributed by atoms with van der Waals surface area (Å²) in [6.45, 7) is 5.36. The summed E-state index contributed by atoms with van der Waals surface area (Å²) in [4.78, 5) is 11.8. The summed E-state index contributed by atoms with van der Waals surface area (Å²) in [5, 5.41) is 7.33. The smallest absolute Gasteiger partial charge is 0.220 e. The van der Waals surface area contributed by atoms with E-state index in [0.29, 0.717) is 13.0 Å². The van der Waals surface area contributed by atoms with Gasteiger partial charge in [-0.1, -0.05) is 30.3 Å². The van der Waals surface area contributed by atoms with Crippen molar-refractivity contribution in [3.8, 4) is 0 Å². The SMILES string of the molecule is Cc1cc(C)n(CCNC(=O)CCCc2ccccc2)n1. The molecule has 2 rings (SSSR count). The topological polar surface area (TPSA) is 46.9 Å². The molecule has 0 saturated heterocycles. The lowest BCUT2D eigenvalue weighted by Gasteiger charge is -2.07. The first-order chi connectivity index (χ1) is 10.1. The highest BCUT2D eigenvalue weighted by Crippen LogP contribution is 2.04. The van der Waals surface area contributed by atoms with Crippen LogP contribution in [0.5, 0.6) is 0 Å². The first kappa shape index (κ1) is 15.3. The summed E-state index contributed by atoms with van der Waals surface area (Å²) in [7, 11) is 0. The molecule has 0 spiro atoms. The standard InChI is InChI=1S/C17H23N3O/c1-14-13-15(2)20(19-14)12-11-18-17(21)10-6-9-16-7-4-3-5-8-16/h3-5,7-8,13H,6,9-12H2,1-2H3,(H,18,21). The maximum absolute atomic E-state index is 11.8. The highest BCUT2D eigenvalue weighted by molar-refractivity contribution is 5.75. The Morgan fingerprint density at radius 3 is 2.67 bits per heavy atom. The van der Waals surface area contributed by atoms with Crippen molar-refractivity contribution in [3.05, 3.63) is 53.3 Å². The lowest BCUT2D eigenvalue weighted by atomic mass is 10.1. The second-order valence-corrected chi connectivity index (χ2v) is 5.34. The number of carbonyl (C=O) groups excluding carboxylic acids is 1. The van der Waals surface area contributed by atoms with E-state index in [9.17, 15) is 4.79 Å². The van der Waals surface area contributed by atoms with Crippen molar-refractivity contribution in [2.45, 2.75) is 39.7 Å². The van der Waals surface area contributed by atoms with Crippen molar-refractivity contribution in [2.75, 3.05) is 6.54 Å². The Bertz CT molecular complexity index is 575.